The summed E-state index contributed by atoms with van der Waals surface area (Å²) in [6, 6.07) is 0.635. The number of carboxylic acid groups (broad SMARTS) is 2. The van der Waals surface area contributed by atoms with Crippen LogP contribution in [0.4, 0.5) is 0 Å². The standard InChI is InChI=1S/C8H18N2O.2C2H4O2/c1-8-7-9-3-5-10(8)4-2-6-11;2*1-2(3)4/h8-9,11H,2-7H2,1H3;2*1H3,(H,3,4). The number of rotatable bonds is 3. The van der Waals surface area contributed by atoms with Gasteiger partial charge in [0.05, 0.1) is 0 Å². The Hall–Kier alpha value is -1.18. The first-order valence-corrected chi connectivity index (χ1v) is 6.26. The third-order valence-corrected chi connectivity index (χ3v) is 2.24. The van der Waals surface area contributed by atoms with Gasteiger partial charge in [-0.25, -0.2) is 0 Å². The van der Waals surface area contributed by atoms with Crippen LogP contribution in [-0.2, 0) is 9.59 Å². The van der Waals surface area contributed by atoms with Crippen molar-refractivity contribution in [3.8, 4) is 0 Å². The normalized spacial score (nSPS) is 18.4. The Bertz CT molecular complexity index is 228. The van der Waals surface area contributed by atoms with Crippen molar-refractivity contribution in [1.29, 1.82) is 0 Å². The lowest BCUT2D eigenvalue weighted by Gasteiger charge is -2.33. The Morgan fingerprint density at radius 3 is 2.11 bits per heavy atom. The second-order valence-corrected chi connectivity index (χ2v) is 4.20. The number of nitrogens with zero attached hydrogens (tertiary/aromatic N) is 1. The lowest BCUT2D eigenvalue weighted by molar-refractivity contribution is -0.135. The third-order valence-electron chi connectivity index (χ3n) is 2.24. The van der Waals surface area contributed by atoms with Crippen molar-refractivity contribution >= 4 is 11.9 Å². The molecule has 4 N–H and O–H groups in total. The smallest absolute Gasteiger partial charge is 0.300 e. The first-order chi connectivity index (χ1) is 8.81. The minimum Gasteiger partial charge on any atom is -0.481 e. The van der Waals surface area contributed by atoms with Crippen molar-refractivity contribution < 1.29 is 24.9 Å². The second kappa shape index (κ2) is 13.3. The van der Waals surface area contributed by atoms with Crippen molar-refractivity contribution in [3.05, 3.63) is 0 Å². The van der Waals surface area contributed by atoms with Crippen LogP contribution in [-0.4, -0.2) is 71.0 Å². The van der Waals surface area contributed by atoms with Gasteiger partial charge in [0.15, 0.2) is 0 Å². The van der Waals surface area contributed by atoms with Crippen LogP contribution < -0.4 is 5.32 Å². The summed E-state index contributed by atoms with van der Waals surface area (Å²) in [6.07, 6.45) is 0.907. The van der Waals surface area contributed by atoms with Crippen molar-refractivity contribution in [1.82, 2.24) is 10.2 Å². The molecule has 0 aromatic heterocycles. The maximum atomic E-state index is 9.00. The summed E-state index contributed by atoms with van der Waals surface area (Å²) in [5, 5.41) is 26.8. The second-order valence-electron chi connectivity index (χ2n) is 4.20. The zero-order valence-electron chi connectivity index (χ0n) is 11.9. The zero-order valence-corrected chi connectivity index (χ0v) is 11.9. The highest BCUT2D eigenvalue weighted by Gasteiger charge is 2.16. The Labute approximate surface area is 114 Å². The van der Waals surface area contributed by atoms with Crippen LogP contribution in [0.5, 0.6) is 0 Å². The molecule has 0 radical (unpaired) electrons. The molecule has 114 valence electrons. The van der Waals surface area contributed by atoms with Crippen LogP contribution in [0.3, 0.4) is 0 Å². The van der Waals surface area contributed by atoms with E-state index in [-0.39, 0.29) is 0 Å². The topological polar surface area (TPSA) is 110 Å². The number of aliphatic hydroxyl groups is 1. The molecular weight excluding hydrogens is 252 g/mol. The monoisotopic (exact) mass is 278 g/mol. The Kier molecular flexibility index (Phi) is 14.1. The van der Waals surface area contributed by atoms with Gasteiger partial charge in [0, 0.05) is 52.7 Å². The van der Waals surface area contributed by atoms with E-state index in [4.69, 9.17) is 24.9 Å². The number of carbonyl (C=O) groups is 2. The van der Waals surface area contributed by atoms with E-state index in [2.05, 4.69) is 17.1 Å². The molecule has 0 aromatic carbocycles. The molecule has 1 aliphatic heterocycles. The average Bonchev–Trinajstić information content (AvgIpc) is 2.26. The third kappa shape index (κ3) is 19.3. The summed E-state index contributed by atoms with van der Waals surface area (Å²) in [5.41, 5.74) is 0. The molecule has 1 aliphatic rings. The van der Waals surface area contributed by atoms with E-state index >= 15 is 0 Å². The van der Waals surface area contributed by atoms with E-state index < -0.39 is 11.9 Å². The highest BCUT2D eigenvalue weighted by Crippen LogP contribution is 2.02. The van der Waals surface area contributed by atoms with Crippen LogP contribution in [0.2, 0.25) is 0 Å². The lowest BCUT2D eigenvalue weighted by Crippen LogP contribution is -2.50. The Balaban J connectivity index is 0. The molecule has 0 aliphatic carbocycles. The van der Waals surface area contributed by atoms with Gasteiger partial charge in [0.1, 0.15) is 0 Å². The molecule has 1 heterocycles. The summed E-state index contributed by atoms with van der Waals surface area (Å²) in [4.78, 5) is 20.4. The van der Waals surface area contributed by atoms with Crippen LogP contribution in [0.1, 0.15) is 27.2 Å². The number of aliphatic hydroxyl groups excluding tert-OH is 1. The molecular formula is C12H26N2O5. The van der Waals surface area contributed by atoms with Gasteiger partial charge in [0.25, 0.3) is 11.9 Å². The highest BCUT2D eigenvalue weighted by atomic mass is 16.4. The van der Waals surface area contributed by atoms with Gasteiger partial charge in [0.2, 0.25) is 0 Å². The maximum Gasteiger partial charge on any atom is 0.300 e. The fourth-order valence-electron chi connectivity index (χ4n) is 1.49. The van der Waals surface area contributed by atoms with Crippen molar-refractivity contribution in [2.24, 2.45) is 0 Å². The molecule has 7 heteroatoms. The summed E-state index contributed by atoms with van der Waals surface area (Å²) < 4.78 is 0. The zero-order chi connectivity index (χ0) is 15.3. The minimum absolute atomic E-state index is 0.316. The van der Waals surface area contributed by atoms with Crippen LogP contribution in [0.15, 0.2) is 0 Å². The summed E-state index contributed by atoms with van der Waals surface area (Å²) in [6.45, 7) is 9.06. The number of carboxylic acids is 2. The van der Waals surface area contributed by atoms with Crippen LogP contribution in [0.25, 0.3) is 0 Å². The molecule has 1 atom stereocenters. The molecule has 0 bridgehead atoms. The molecule has 7 nitrogen and oxygen atoms in total. The van der Waals surface area contributed by atoms with Crippen molar-refractivity contribution in [2.75, 3.05) is 32.8 Å². The van der Waals surface area contributed by atoms with E-state index in [9.17, 15) is 0 Å². The van der Waals surface area contributed by atoms with E-state index in [0.29, 0.717) is 12.6 Å². The van der Waals surface area contributed by atoms with Gasteiger partial charge in [-0.3, -0.25) is 14.5 Å². The van der Waals surface area contributed by atoms with Crippen molar-refractivity contribution in [2.45, 2.75) is 33.2 Å². The van der Waals surface area contributed by atoms with Gasteiger partial charge in [-0.05, 0) is 13.3 Å². The molecule has 1 saturated heterocycles. The number of piperazine rings is 1. The summed E-state index contributed by atoms with van der Waals surface area (Å²) >= 11 is 0. The number of aliphatic carboxylic acids is 2. The number of hydrogen-bond donors (Lipinski definition) is 4. The van der Waals surface area contributed by atoms with Gasteiger partial charge >= 0.3 is 0 Å². The predicted octanol–water partition coefficient (Wildman–Crippen LogP) is -0.156. The Morgan fingerprint density at radius 1 is 1.26 bits per heavy atom. The molecule has 0 amide bonds. The predicted molar refractivity (Wildman–Crippen MR) is 72.2 cm³/mol. The highest BCUT2D eigenvalue weighted by molar-refractivity contribution is 5.63. The van der Waals surface area contributed by atoms with Crippen molar-refractivity contribution in [3.63, 3.8) is 0 Å². The van der Waals surface area contributed by atoms with E-state index in [1.807, 2.05) is 0 Å². The van der Waals surface area contributed by atoms with E-state index in [0.717, 1.165) is 46.4 Å². The summed E-state index contributed by atoms with van der Waals surface area (Å²) in [7, 11) is 0. The molecule has 1 rings (SSSR count). The fraction of sp³-hybridized carbons (Fsp3) is 0.833. The van der Waals surface area contributed by atoms with Gasteiger partial charge < -0.3 is 20.6 Å². The Morgan fingerprint density at radius 2 is 1.74 bits per heavy atom. The van der Waals surface area contributed by atoms with E-state index in [1.165, 1.54) is 0 Å². The molecule has 19 heavy (non-hydrogen) atoms. The molecule has 0 spiro atoms. The van der Waals surface area contributed by atoms with Crippen LogP contribution in [0, 0.1) is 0 Å². The first kappa shape index (κ1) is 20.1. The molecule has 0 aromatic rings. The fourth-order valence-corrected chi connectivity index (χ4v) is 1.49. The maximum absolute atomic E-state index is 9.00. The lowest BCUT2D eigenvalue weighted by atomic mass is 10.2. The van der Waals surface area contributed by atoms with E-state index in [1.54, 1.807) is 0 Å². The average molecular weight is 278 g/mol. The number of hydrogen-bond acceptors (Lipinski definition) is 5. The SMILES string of the molecule is CC(=O)O.CC(=O)O.CC1CNCCN1CCCO. The quantitative estimate of drug-likeness (QED) is 0.568. The molecule has 0 saturated carbocycles. The van der Waals surface area contributed by atoms with Gasteiger partial charge in [-0.1, -0.05) is 0 Å². The minimum atomic E-state index is -0.833. The van der Waals surface area contributed by atoms with Gasteiger partial charge in [-0.15, -0.1) is 0 Å². The molecule has 1 unspecified atom stereocenters. The van der Waals surface area contributed by atoms with Crippen LogP contribution >= 0.6 is 0 Å². The first-order valence-electron chi connectivity index (χ1n) is 6.26. The summed E-state index contributed by atoms with van der Waals surface area (Å²) in [5.74, 6) is -1.67. The molecule has 1 fully saturated rings. The number of nitrogens with one attached hydrogen (secondary N) is 1. The largest absolute Gasteiger partial charge is 0.481 e. The van der Waals surface area contributed by atoms with Gasteiger partial charge in [-0.2, -0.15) is 0 Å².